The zero-order valence-corrected chi connectivity index (χ0v) is 12.2. The van der Waals surface area contributed by atoms with Gasteiger partial charge in [0.1, 0.15) is 5.75 Å². The molecule has 0 bridgehead atoms. The van der Waals surface area contributed by atoms with Crippen molar-refractivity contribution in [3.8, 4) is 11.5 Å². The second-order valence-corrected chi connectivity index (χ2v) is 5.37. The van der Waals surface area contributed by atoms with E-state index < -0.39 is 11.6 Å². The highest BCUT2D eigenvalue weighted by Crippen LogP contribution is 2.43. The molecule has 6 nitrogen and oxygen atoms in total. The van der Waals surface area contributed by atoms with Gasteiger partial charge in [-0.05, 0) is 39.7 Å². The lowest BCUT2D eigenvalue weighted by Gasteiger charge is -2.35. The summed E-state index contributed by atoms with van der Waals surface area (Å²) in [5.74, 6) is 11.1. The number of carbonyl (C=O) groups excluding carboxylic acids is 1. The van der Waals surface area contributed by atoms with Crippen molar-refractivity contribution in [2.24, 2.45) is 11.8 Å². The minimum Gasteiger partial charge on any atom is -0.475 e. The molecule has 0 aliphatic carbocycles. The molecule has 1 aromatic rings. The van der Waals surface area contributed by atoms with E-state index in [1.165, 1.54) is 0 Å². The fraction of sp³-hybridized carbons (Fsp3) is 0.500. The van der Waals surface area contributed by atoms with Crippen molar-refractivity contribution >= 4 is 5.97 Å². The van der Waals surface area contributed by atoms with Crippen LogP contribution in [0.4, 0.5) is 0 Å². The van der Waals surface area contributed by atoms with Crippen LogP contribution in [-0.4, -0.2) is 11.6 Å². The van der Waals surface area contributed by atoms with Crippen molar-refractivity contribution in [1.29, 1.82) is 0 Å². The van der Waals surface area contributed by atoms with Crippen LogP contribution in [0.3, 0.4) is 0 Å². The molecule has 0 spiro atoms. The van der Waals surface area contributed by atoms with Gasteiger partial charge in [0.25, 0.3) is 0 Å². The normalized spacial score (nSPS) is 20.9. The highest BCUT2D eigenvalue weighted by molar-refractivity contribution is 5.80. The van der Waals surface area contributed by atoms with Gasteiger partial charge in [-0.15, -0.1) is 0 Å². The first-order chi connectivity index (χ1) is 9.35. The van der Waals surface area contributed by atoms with E-state index in [-0.39, 0.29) is 0 Å². The summed E-state index contributed by atoms with van der Waals surface area (Å²) >= 11 is 0. The minimum atomic E-state index is -1.06. The monoisotopic (exact) mass is 280 g/mol. The second kappa shape index (κ2) is 4.96. The van der Waals surface area contributed by atoms with E-state index in [9.17, 15) is 4.79 Å². The maximum atomic E-state index is 11.8. The molecule has 0 amide bonds. The van der Waals surface area contributed by atoms with Crippen molar-refractivity contribution in [3.63, 3.8) is 0 Å². The van der Waals surface area contributed by atoms with Crippen molar-refractivity contribution < 1.29 is 19.2 Å². The molecule has 0 unspecified atom stereocenters. The fourth-order valence-corrected chi connectivity index (χ4v) is 2.68. The highest BCUT2D eigenvalue weighted by Gasteiger charge is 2.42. The Morgan fingerprint density at radius 3 is 2.40 bits per heavy atom. The largest absolute Gasteiger partial charge is 0.475 e. The standard InChI is InChI=1S/C14H20N2O4/c1-7-8(2)12-10(9(3)11(7)19-15)5-6-14(4,18-12)13(17)20-16/h5-6,15-16H2,1-4H3/t14-/m0/s1. The number of hydrogen-bond donors (Lipinski definition) is 2. The Kier molecular flexibility index (Phi) is 3.62. The van der Waals surface area contributed by atoms with Crippen LogP contribution in [0.25, 0.3) is 0 Å². The average molecular weight is 280 g/mol. The van der Waals surface area contributed by atoms with Crippen LogP contribution in [0.2, 0.25) is 0 Å². The Morgan fingerprint density at radius 1 is 1.20 bits per heavy atom. The summed E-state index contributed by atoms with van der Waals surface area (Å²) in [6.07, 6.45) is 1.16. The van der Waals surface area contributed by atoms with E-state index in [1.54, 1.807) is 6.92 Å². The zero-order chi connectivity index (χ0) is 15.1. The van der Waals surface area contributed by atoms with Crippen molar-refractivity contribution in [3.05, 3.63) is 22.3 Å². The number of ether oxygens (including phenoxy) is 1. The molecule has 1 aliphatic heterocycles. The van der Waals surface area contributed by atoms with Gasteiger partial charge in [0.05, 0.1) is 0 Å². The topological polar surface area (TPSA) is 96.8 Å². The predicted octanol–water partition coefficient (Wildman–Crippen LogP) is 1.36. The molecule has 0 saturated heterocycles. The molecule has 110 valence electrons. The van der Waals surface area contributed by atoms with E-state index in [4.69, 9.17) is 21.4 Å². The van der Waals surface area contributed by atoms with Crippen molar-refractivity contribution in [2.45, 2.75) is 46.1 Å². The van der Waals surface area contributed by atoms with Crippen molar-refractivity contribution in [1.82, 2.24) is 0 Å². The van der Waals surface area contributed by atoms with Crippen molar-refractivity contribution in [2.75, 3.05) is 0 Å². The summed E-state index contributed by atoms with van der Waals surface area (Å²) in [7, 11) is 0. The fourth-order valence-electron chi connectivity index (χ4n) is 2.68. The van der Waals surface area contributed by atoms with Crippen LogP contribution in [0.5, 0.6) is 11.5 Å². The average Bonchev–Trinajstić information content (AvgIpc) is 2.44. The molecule has 2 rings (SSSR count). The van der Waals surface area contributed by atoms with E-state index in [0.717, 1.165) is 22.3 Å². The predicted molar refractivity (Wildman–Crippen MR) is 73.1 cm³/mol. The molecular formula is C14H20N2O4. The van der Waals surface area contributed by atoms with Gasteiger partial charge in [-0.25, -0.2) is 4.79 Å². The highest BCUT2D eigenvalue weighted by atomic mass is 16.7. The van der Waals surface area contributed by atoms with Crippen LogP contribution in [0.1, 0.15) is 35.6 Å². The third-order valence-electron chi connectivity index (χ3n) is 4.15. The minimum absolute atomic E-state index is 0.489. The summed E-state index contributed by atoms with van der Waals surface area (Å²) in [5.41, 5.74) is 2.69. The van der Waals surface area contributed by atoms with E-state index in [0.29, 0.717) is 24.3 Å². The Bertz CT molecular complexity index is 571. The maximum absolute atomic E-state index is 11.8. The molecule has 1 atom stereocenters. The SMILES string of the molecule is Cc1c(C)c2c(c(C)c1ON)CC[C@@](C)(C(=O)ON)O2. The van der Waals surface area contributed by atoms with Gasteiger partial charge in [-0.2, -0.15) is 11.8 Å². The first-order valence-corrected chi connectivity index (χ1v) is 6.45. The lowest BCUT2D eigenvalue weighted by Crippen LogP contribution is -2.46. The van der Waals surface area contributed by atoms with Gasteiger partial charge >= 0.3 is 5.97 Å². The van der Waals surface area contributed by atoms with Gasteiger partial charge in [0.15, 0.2) is 5.75 Å². The number of carbonyl (C=O) groups is 1. The Morgan fingerprint density at radius 2 is 1.85 bits per heavy atom. The number of rotatable bonds is 2. The Hall–Kier alpha value is -1.79. The third-order valence-corrected chi connectivity index (χ3v) is 4.15. The van der Waals surface area contributed by atoms with E-state index in [2.05, 4.69) is 4.84 Å². The summed E-state index contributed by atoms with van der Waals surface area (Å²) in [6.45, 7) is 7.43. The third kappa shape index (κ3) is 2.01. The first-order valence-electron chi connectivity index (χ1n) is 6.45. The number of nitrogens with two attached hydrogens (primary N) is 2. The summed E-state index contributed by atoms with van der Waals surface area (Å²) in [5, 5.41) is 0. The molecule has 6 heteroatoms. The molecular weight excluding hydrogens is 260 g/mol. The van der Waals surface area contributed by atoms with Crippen LogP contribution in [-0.2, 0) is 16.1 Å². The number of hydrogen-bond acceptors (Lipinski definition) is 6. The van der Waals surface area contributed by atoms with E-state index >= 15 is 0 Å². The summed E-state index contributed by atoms with van der Waals surface area (Å²) < 4.78 is 5.91. The van der Waals surface area contributed by atoms with Gasteiger partial charge in [0, 0.05) is 23.1 Å². The molecule has 0 fully saturated rings. The van der Waals surface area contributed by atoms with E-state index in [1.807, 2.05) is 20.8 Å². The molecule has 1 aromatic carbocycles. The van der Waals surface area contributed by atoms with Crippen LogP contribution in [0.15, 0.2) is 0 Å². The van der Waals surface area contributed by atoms with Gasteiger partial charge in [0.2, 0.25) is 5.60 Å². The molecule has 0 saturated carbocycles. The lowest BCUT2D eigenvalue weighted by atomic mass is 9.87. The smallest absolute Gasteiger partial charge is 0.368 e. The molecule has 4 N–H and O–H groups in total. The second-order valence-electron chi connectivity index (χ2n) is 5.37. The quantitative estimate of drug-likeness (QED) is 0.794. The Balaban J connectivity index is 2.56. The maximum Gasteiger partial charge on any atom is 0.368 e. The van der Waals surface area contributed by atoms with Crippen LogP contribution >= 0.6 is 0 Å². The first kappa shape index (κ1) is 14.6. The molecule has 20 heavy (non-hydrogen) atoms. The summed E-state index contributed by atoms with van der Waals surface area (Å²) in [4.78, 5) is 21.1. The number of benzene rings is 1. The van der Waals surface area contributed by atoms with Crippen LogP contribution in [0, 0.1) is 20.8 Å². The van der Waals surface area contributed by atoms with Gasteiger partial charge in [-0.1, -0.05) is 0 Å². The van der Waals surface area contributed by atoms with Gasteiger partial charge < -0.3 is 14.4 Å². The summed E-state index contributed by atoms with van der Waals surface area (Å²) in [6, 6.07) is 0. The van der Waals surface area contributed by atoms with Crippen LogP contribution < -0.4 is 21.4 Å². The molecule has 0 radical (unpaired) electrons. The molecule has 0 aromatic heterocycles. The number of fused-ring (bicyclic) bond motifs is 1. The zero-order valence-electron chi connectivity index (χ0n) is 12.2. The molecule has 1 aliphatic rings. The molecule has 1 heterocycles. The van der Waals surface area contributed by atoms with Gasteiger partial charge in [-0.3, -0.25) is 0 Å². The Labute approximate surface area is 117 Å². The lowest BCUT2D eigenvalue weighted by molar-refractivity contribution is -0.162.